The number of thioether (sulfide) groups is 1. The molecule has 34 heavy (non-hydrogen) atoms. The molecule has 2 N–H and O–H groups in total. The first-order valence-electron chi connectivity index (χ1n) is 9.94. The Morgan fingerprint density at radius 2 is 1.82 bits per heavy atom. The van der Waals surface area contributed by atoms with Crippen LogP contribution in [0.15, 0.2) is 78.1 Å². The Balaban J connectivity index is 1.63. The molecule has 1 atom stereocenters. The third-order valence-corrected chi connectivity index (χ3v) is 8.62. The van der Waals surface area contributed by atoms with Gasteiger partial charge in [-0.2, -0.15) is 0 Å². The van der Waals surface area contributed by atoms with Gasteiger partial charge < -0.3 is 5.11 Å². The number of nitrogens with zero attached hydrogens (tertiary/aromatic N) is 3. The van der Waals surface area contributed by atoms with Gasteiger partial charge in [0.05, 0.1) is 14.3 Å². The summed E-state index contributed by atoms with van der Waals surface area (Å²) in [6.07, 6.45) is -0.699. The van der Waals surface area contributed by atoms with Gasteiger partial charge in [0.1, 0.15) is 11.4 Å². The maximum atomic E-state index is 13.3. The highest BCUT2D eigenvalue weighted by molar-refractivity contribution is 9.11. The highest BCUT2D eigenvalue weighted by Gasteiger charge is 2.37. The summed E-state index contributed by atoms with van der Waals surface area (Å²) < 4.78 is 1.67. The highest BCUT2D eigenvalue weighted by Crippen LogP contribution is 2.45. The van der Waals surface area contributed by atoms with Crippen molar-refractivity contribution in [1.82, 2.24) is 10.3 Å². The molecule has 2 heterocycles. The predicted molar refractivity (Wildman–Crippen MR) is 145 cm³/mol. The zero-order chi connectivity index (χ0) is 24.0. The maximum Gasteiger partial charge on any atom is 0.276 e. The summed E-state index contributed by atoms with van der Waals surface area (Å²) in [5.74, 6) is 0.289. The topological polar surface area (TPSA) is 77.3 Å². The largest absolute Gasteiger partial charge is 0.506 e. The molecule has 0 saturated carbocycles. The first kappa shape index (κ1) is 23.9. The van der Waals surface area contributed by atoms with Gasteiger partial charge in [-0.15, -0.1) is 5.10 Å². The number of hydrogen-bond acceptors (Lipinski definition) is 6. The Labute approximate surface area is 229 Å². The number of para-hydroxylation sites is 1. The van der Waals surface area contributed by atoms with E-state index in [1.807, 2.05) is 48.5 Å². The minimum atomic E-state index is -0.699. The maximum absolute atomic E-state index is 13.3. The number of carbonyl (C=O) groups excluding carboxylic acids is 1. The minimum Gasteiger partial charge on any atom is -0.506 e. The standard InChI is InChI=1S/C23H14Br3ClN4O2S/c24-13-9-14(25)20(32)18(26)17(13)21-28-16-8-4-2-6-12(16)19-22(33)29-23(30-31(19)21)34-10-11-5-1-3-7-15(11)27/h1-9,21,32H,10H2,(H,29,30,33). The molecule has 0 fully saturated rings. The summed E-state index contributed by atoms with van der Waals surface area (Å²) in [6.45, 7) is 0. The van der Waals surface area contributed by atoms with Gasteiger partial charge in [0.15, 0.2) is 11.3 Å². The lowest BCUT2D eigenvalue weighted by Gasteiger charge is -2.35. The summed E-state index contributed by atoms with van der Waals surface area (Å²) in [6, 6.07) is 16.7. The second kappa shape index (κ2) is 9.66. The van der Waals surface area contributed by atoms with Crippen LogP contribution >= 0.6 is 71.2 Å². The van der Waals surface area contributed by atoms with Gasteiger partial charge in [0.2, 0.25) is 0 Å². The minimum absolute atomic E-state index is 0.0348. The van der Waals surface area contributed by atoms with Crippen LogP contribution in [0.1, 0.15) is 17.3 Å². The van der Waals surface area contributed by atoms with Gasteiger partial charge in [-0.25, -0.2) is 5.01 Å². The van der Waals surface area contributed by atoms with Crippen LogP contribution in [0.3, 0.4) is 0 Å². The lowest BCUT2D eigenvalue weighted by Crippen LogP contribution is -2.50. The first-order chi connectivity index (χ1) is 16.3. The number of carbonyl (C=O) groups is 1. The summed E-state index contributed by atoms with van der Waals surface area (Å²) in [4.78, 5) is 18.2. The molecule has 2 aliphatic heterocycles. The molecule has 5 rings (SSSR count). The number of halogens is 4. The molecule has 1 unspecified atom stereocenters. The van der Waals surface area contributed by atoms with E-state index < -0.39 is 6.17 Å². The van der Waals surface area contributed by atoms with Crippen molar-refractivity contribution in [3.05, 3.63) is 94.7 Å². The molecule has 0 saturated heterocycles. The van der Waals surface area contributed by atoms with Crippen molar-refractivity contribution in [2.45, 2.75) is 11.9 Å². The Kier molecular flexibility index (Phi) is 6.78. The molecule has 0 spiro atoms. The molecule has 0 radical (unpaired) electrons. The second-order valence-corrected chi connectivity index (χ2v) is 11.2. The van der Waals surface area contributed by atoms with Gasteiger partial charge in [-0.05, 0) is 55.6 Å². The average Bonchev–Trinajstić information content (AvgIpc) is 2.82. The Morgan fingerprint density at radius 1 is 1.09 bits per heavy atom. The number of amides is 1. The third-order valence-electron chi connectivity index (χ3n) is 5.28. The molecule has 0 aliphatic carbocycles. The van der Waals surface area contributed by atoms with Crippen molar-refractivity contribution in [2.75, 3.05) is 0 Å². The number of phenols is 1. The summed E-state index contributed by atoms with van der Waals surface area (Å²) in [5, 5.41) is 22.3. The average molecular weight is 686 g/mol. The molecule has 2 aliphatic rings. The number of rotatable bonds is 3. The van der Waals surface area contributed by atoms with Crippen molar-refractivity contribution in [3.63, 3.8) is 0 Å². The SMILES string of the molecule is O=C1NC(SCc2ccccc2Cl)=NN2C1=c1ccccc1=NC2c1c(Br)cc(Br)c(O)c1Br. The number of hydrogen-bond donors (Lipinski definition) is 2. The van der Waals surface area contributed by atoms with Gasteiger partial charge in [0.25, 0.3) is 5.91 Å². The van der Waals surface area contributed by atoms with Gasteiger partial charge >= 0.3 is 0 Å². The second-order valence-electron chi connectivity index (χ2n) is 7.37. The number of phenolic OH excluding ortho intramolecular Hbond substituents is 1. The first-order valence-corrected chi connectivity index (χ1v) is 13.7. The number of hydrazone groups is 1. The van der Waals surface area contributed by atoms with E-state index in [2.05, 4.69) is 53.1 Å². The lowest BCUT2D eigenvalue weighted by atomic mass is 10.1. The van der Waals surface area contributed by atoms with Gasteiger partial charge in [-0.1, -0.05) is 75.7 Å². The number of aromatic hydroxyl groups is 1. The molecular weight excluding hydrogens is 672 g/mol. The van der Waals surface area contributed by atoms with E-state index in [1.54, 1.807) is 11.1 Å². The molecule has 3 aromatic carbocycles. The predicted octanol–water partition coefficient (Wildman–Crippen LogP) is 5.41. The van der Waals surface area contributed by atoms with E-state index in [4.69, 9.17) is 21.7 Å². The van der Waals surface area contributed by atoms with E-state index >= 15 is 0 Å². The van der Waals surface area contributed by atoms with Gasteiger partial charge in [-0.3, -0.25) is 15.1 Å². The van der Waals surface area contributed by atoms with Crippen molar-refractivity contribution < 1.29 is 9.90 Å². The quantitative estimate of drug-likeness (QED) is 0.387. The fourth-order valence-corrected chi connectivity index (χ4v) is 7.34. The summed E-state index contributed by atoms with van der Waals surface area (Å²) in [5.41, 5.74) is 1.97. The molecule has 0 bridgehead atoms. The molecule has 172 valence electrons. The van der Waals surface area contributed by atoms with E-state index in [9.17, 15) is 9.90 Å². The normalized spacial score (nSPS) is 16.9. The molecule has 3 aromatic rings. The van der Waals surface area contributed by atoms with Crippen LogP contribution in [0.5, 0.6) is 5.75 Å². The van der Waals surface area contributed by atoms with E-state index in [0.717, 1.165) is 5.56 Å². The zero-order valence-corrected chi connectivity index (χ0v) is 23.4. The number of amidine groups is 1. The summed E-state index contributed by atoms with van der Waals surface area (Å²) in [7, 11) is 0. The third kappa shape index (κ3) is 4.30. The van der Waals surface area contributed by atoms with Crippen molar-refractivity contribution in [1.29, 1.82) is 0 Å². The van der Waals surface area contributed by atoms with E-state index in [0.29, 0.717) is 51.2 Å². The Hall–Kier alpha value is -1.85. The van der Waals surface area contributed by atoms with Crippen LogP contribution < -0.4 is 15.9 Å². The Bertz CT molecular complexity index is 1500. The highest BCUT2D eigenvalue weighted by atomic mass is 79.9. The van der Waals surface area contributed by atoms with Crippen LogP contribution in [0.2, 0.25) is 5.02 Å². The van der Waals surface area contributed by atoms with Crippen LogP contribution in [0.4, 0.5) is 0 Å². The van der Waals surface area contributed by atoms with E-state index in [1.165, 1.54) is 11.8 Å². The van der Waals surface area contributed by atoms with Crippen molar-refractivity contribution in [3.8, 4) is 5.75 Å². The number of benzene rings is 3. The van der Waals surface area contributed by atoms with Crippen LogP contribution in [-0.2, 0) is 10.5 Å². The van der Waals surface area contributed by atoms with Crippen molar-refractivity contribution in [2.24, 2.45) is 10.1 Å². The van der Waals surface area contributed by atoms with Crippen LogP contribution in [0.25, 0.3) is 5.70 Å². The fraction of sp³-hybridized carbons (Fsp3) is 0.0870. The van der Waals surface area contributed by atoms with Crippen LogP contribution in [0, 0.1) is 0 Å². The lowest BCUT2D eigenvalue weighted by molar-refractivity contribution is -0.116. The van der Waals surface area contributed by atoms with E-state index in [-0.39, 0.29) is 11.7 Å². The van der Waals surface area contributed by atoms with Crippen molar-refractivity contribution >= 4 is 87.9 Å². The Morgan fingerprint density at radius 3 is 2.62 bits per heavy atom. The summed E-state index contributed by atoms with van der Waals surface area (Å²) >= 11 is 18.1. The molecule has 6 nitrogen and oxygen atoms in total. The molecular formula is C23H14Br3ClN4O2S. The van der Waals surface area contributed by atoms with Gasteiger partial charge in [0, 0.05) is 26.0 Å². The number of nitrogens with one attached hydrogen (secondary N) is 1. The molecule has 11 heteroatoms. The fourth-order valence-electron chi connectivity index (χ4n) is 3.67. The zero-order valence-electron chi connectivity index (χ0n) is 17.1. The molecule has 0 aromatic heterocycles. The molecule has 1 amide bonds. The number of fused-ring (bicyclic) bond motifs is 2. The smallest absolute Gasteiger partial charge is 0.276 e. The van der Waals surface area contributed by atoms with Crippen LogP contribution in [-0.4, -0.2) is 21.2 Å². The monoisotopic (exact) mass is 682 g/mol.